The highest BCUT2D eigenvalue weighted by Crippen LogP contribution is 2.17. The highest BCUT2D eigenvalue weighted by atomic mass is 16.6. The van der Waals surface area contributed by atoms with Crippen molar-refractivity contribution < 1.29 is 19.2 Å². The topological polar surface area (TPSA) is 111 Å². The predicted molar refractivity (Wildman–Crippen MR) is 66.7 cm³/mol. The van der Waals surface area contributed by atoms with Crippen LogP contribution < -0.4 is 10.6 Å². The van der Waals surface area contributed by atoms with Crippen LogP contribution in [-0.4, -0.2) is 30.1 Å². The van der Waals surface area contributed by atoms with Gasteiger partial charge in [0.1, 0.15) is 6.04 Å². The zero-order valence-corrected chi connectivity index (χ0v) is 10.4. The Morgan fingerprint density at radius 1 is 1.42 bits per heavy atom. The minimum atomic E-state index is -0.863. The van der Waals surface area contributed by atoms with Crippen LogP contribution in [0.5, 0.6) is 0 Å². The molecular formula is C11H13N3O5. The number of carbonyl (C=O) groups excluding carboxylic acids is 2. The van der Waals surface area contributed by atoms with E-state index in [2.05, 4.69) is 10.1 Å². The number of carbonyl (C=O) groups is 2. The second-order valence-electron chi connectivity index (χ2n) is 3.65. The van der Waals surface area contributed by atoms with Gasteiger partial charge < -0.3 is 10.1 Å². The third kappa shape index (κ3) is 4.26. The van der Waals surface area contributed by atoms with Gasteiger partial charge in [0.2, 0.25) is 0 Å². The fourth-order valence-corrected chi connectivity index (χ4v) is 1.28. The van der Waals surface area contributed by atoms with Gasteiger partial charge >= 0.3 is 6.09 Å². The molecule has 8 nitrogen and oxygen atoms in total. The molecule has 2 N–H and O–H groups in total. The Bertz CT molecular complexity index is 503. The lowest BCUT2D eigenvalue weighted by molar-refractivity contribution is -0.384. The summed E-state index contributed by atoms with van der Waals surface area (Å²) >= 11 is 0. The van der Waals surface area contributed by atoms with Gasteiger partial charge in [-0.25, -0.2) is 4.79 Å². The van der Waals surface area contributed by atoms with E-state index in [-0.39, 0.29) is 5.69 Å². The van der Waals surface area contributed by atoms with Gasteiger partial charge in [-0.2, -0.15) is 0 Å². The number of hydrogen-bond acceptors (Lipinski definition) is 6. The molecule has 0 saturated heterocycles. The molecule has 0 aliphatic carbocycles. The molecule has 0 unspecified atom stereocenters. The lowest BCUT2D eigenvalue weighted by atomic mass is 10.2. The second-order valence-corrected chi connectivity index (χ2v) is 3.65. The molecule has 0 fully saturated rings. The molecule has 1 aromatic rings. The van der Waals surface area contributed by atoms with Crippen molar-refractivity contribution in [3.8, 4) is 0 Å². The molecule has 19 heavy (non-hydrogen) atoms. The largest absolute Gasteiger partial charge is 0.453 e. The van der Waals surface area contributed by atoms with Crippen LogP contribution in [0.25, 0.3) is 0 Å². The molecule has 0 aliphatic heterocycles. The molecule has 0 radical (unpaired) electrons. The fourth-order valence-electron chi connectivity index (χ4n) is 1.28. The Hall–Kier alpha value is -2.64. The summed E-state index contributed by atoms with van der Waals surface area (Å²) in [6, 6.07) is 4.95. The van der Waals surface area contributed by atoms with E-state index in [0.717, 1.165) is 7.11 Å². The van der Waals surface area contributed by atoms with Crippen molar-refractivity contribution in [2.75, 3.05) is 12.4 Å². The monoisotopic (exact) mass is 267 g/mol. The van der Waals surface area contributed by atoms with Gasteiger partial charge in [-0.3, -0.25) is 20.2 Å². The Balaban J connectivity index is 2.68. The summed E-state index contributed by atoms with van der Waals surface area (Å²) in [6.07, 6.45) is -0.863. The number of rotatable bonds is 4. The first-order valence-electron chi connectivity index (χ1n) is 5.34. The average Bonchev–Trinajstić information content (AvgIpc) is 2.38. The molecule has 102 valence electrons. The third-order valence-electron chi connectivity index (χ3n) is 2.24. The number of nitrogens with zero attached hydrogens (tertiary/aromatic N) is 1. The molecule has 0 aromatic heterocycles. The highest BCUT2D eigenvalue weighted by molar-refractivity contribution is 5.95. The SMILES string of the molecule is COC(=O)NC(=O)[C@H](C)Nc1cccc([N+](=O)[O-])c1. The smallest absolute Gasteiger partial charge is 0.413 e. The van der Waals surface area contributed by atoms with E-state index in [0.29, 0.717) is 5.69 Å². The van der Waals surface area contributed by atoms with Crippen molar-refractivity contribution in [1.29, 1.82) is 0 Å². The van der Waals surface area contributed by atoms with Crippen molar-refractivity contribution in [2.24, 2.45) is 0 Å². The summed E-state index contributed by atoms with van der Waals surface area (Å²) in [4.78, 5) is 32.4. The molecule has 1 atom stereocenters. The zero-order chi connectivity index (χ0) is 14.4. The fraction of sp³-hybridized carbons (Fsp3) is 0.273. The summed E-state index contributed by atoms with van der Waals surface area (Å²) in [5, 5.41) is 15.3. The van der Waals surface area contributed by atoms with E-state index in [1.165, 1.54) is 25.1 Å². The van der Waals surface area contributed by atoms with Crippen LogP contribution in [0.15, 0.2) is 24.3 Å². The van der Waals surface area contributed by atoms with E-state index in [9.17, 15) is 19.7 Å². The minimum absolute atomic E-state index is 0.0921. The number of nitrogens with one attached hydrogen (secondary N) is 2. The van der Waals surface area contributed by atoms with Gasteiger partial charge in [0.25, 0.3) is 11.6 Å². The predicted octanol–water partition coefficient (Wildman–Crippen LogP) is 1.28. The first kappa shape index (κ1) is 14.4. The van der Waals surface area contributed by atoms with Crippen LogP contribution >= 0.6 is 0 Å². The molecule has 0 heterocycles. The highest BCUT2D eigenvalue weighted by Gasteiger charge is 2.16. The van der Waals surface area contributed by atoms with Gasteiger partial charge in [-0.05, 0) is 13.0 Å². The maximum Gasteiger partial charge on any atom is 0.413 e. The summed E-state index contributed by atoms with van der Waals surface area (Å²) in [5.74, 6) is -0.599. The Morgan fingerprint density at radius 3 is 2.68 bits per heavy atom. The number of ether oxygens (including phenoxy) is 1. The third-order valence-corrected chi connectivity index (χ3v) is 2.24. The lowest BCUT2D eigenvalue weighted by Crippen LogP contribution is -2.40. The van der Waals surface area contributed by atoms with Crippen molar-refractivity contribution >= 4 is 23.4 Å². The van der Waals surface area contributed by atoms with E-state index >= 15 is 0 Å². The number of methoxy groups -OCH3 is 1. The zero-order valence-electron chi connectivity index (χ0n) is 10.4. The van der Waals surface area contributed by atoms with Crippen LogP contribution in [0.2, 0.25) is 0 Å². The molecule has 8 heteroatoms. The number of hydrogen-bond donors (Lipinski definition) is 2. The van der Waals surface area contributed by atoms with Gasteiger partial charge in [0.05, 0.1) is 12.0 Å². The minimum Gasteiger partial charge on any atom is -0.453 e. The van der Waals surface area contributed by atoms with Gasteiger partial charge in [-0.15, -0.1) is 0 Å². The number of anilines is 1. The quantitative estimate of drug-likeness (QED) is 0.628. The van der Waals surface area contributed by atoms with Crippen LogP contribution in [-0.2, 0) is 9.53 Å². The Morgan fingerprint density at radius 2 is 2.11 bits per heavy atom. The van der Waals surface area contributed by atoms with E-state index in [1.54, 1.807) is 6.07 Å². The van der Waals surface area contributed by atoms with Gasteiger partial charge in [-0.1, -0.05) is 6.07 Å². The summed E-state index contributed by atoms with van der Waals surface area (Å²) < 4.78 is 4.28. The first-order chi connectivity index (χ1) is 8.93. The molecule has 1 rings (SSSR count). The number of non-ortho nitro benzene ring substituents is 1. The number of nitro groups is 1. The van der Waals surface area contributed by atoms with Gasteiger partial charge in [0.15, 0.2) is 0 Å². The summed E-state index contributed by atoms with van der Waals surface area (Å²) in [6.45, 7) is 1.51. The van der Waals surface area contributed by atoms with Crippen molar-refractivity contribution in [3.05, 3.63) is 34.4 Å². The molecule has 0 saturated carbocycles. The van der Waals surface area contributed by atoms with E-state index in [4.69, 9.17) is 0 Å². The lowest BCUT2D eigenvalue weighted by Gasteiger charge is -2.13. The molecule has 0 spiro atoms. The average molecular weight is 267 g/mol. The van der Waals surface area contributed by atoms with E-state index < -0.39 is 23.0 Å². The van der Waals surface area contributed by atoms with Crippen LogP contribution in [0.1, 0.15) is 6.92 Å². The Labute approximate surface area is 108 Å². The van der Waals surface area contributed by atoms with Crippen molar-refractivity contribution in [3.63, 3.8) is 0 Å². The number of alkyl carbamates (subject to hydrolysis) is 1. The summed E-state index contributed by atoms with van der Waals surface area (Å²) in [5.41, 5.74) is 0.312. The van der Waals surface area contributed by atoms with Crippen LogP contribution in [0.3, 0.4) is 0 Å². The number of benzene rings is 1. The van der Waals surface area contributed by atoms with E-state index in [1.807, 2.05) is 5.32 Å². The molecule has 0 bridgehead atoms. The van der Waals surface area contributed by atoms with Crippen molar-refractivity contribution in [2.45, 2.75) is 13.0 Å². The van der Waals surface area contributed by atoms with Crippen LogP contribution in [0.4, 0.5) is 16.2 Å². The first-order valence-corrected chi connectivity index (χ1v) is 5.34. The number of amides is 2. The molecule has 2 amide bonds. The molecule has 0 aliphatic rings. The number of imide groups is 1. The van der Waals surface area contributed by atoms with Gasteiger partial charge in [0, 0.05) is 17.8 Å². The van der Waals surface area contributed by atoms with Crippen molar-refractivity contribution in [1.82, 2.24) is 5.32 Å². The second kappa shape index (κ2) is 6.34. The maximum atomic E-state index is 11.5. The maximum absolute atomic E-state index is 11.5. The normalized spacial score (nSPS) is 11.3. The molecular weight excluding hydrogens is 254 g/mol. The summed E-state index contributed by atoms with van der Waals surface area (Å²) in [7, 11) is 1.14. The van der Waals surface area contributed by atoms with Crippen LogP contribution in [0, 0.1) is 10.1 Å². The standard InChI is InChI=1S/C11H13N3O5/c1-7(10(15)13-11(16)19-2)12-8-4-3-5-9(6-8)14(17)18/h3-7,12H,1-2H3,(H,13,15,16)/t7-/m0/s1. The Kier molecular flexibility index (Phi) is 4.81. The number of nitro benzene ring substituents is 1. The molecule has 1 aromatic carbocycles.